The molecule has 4 N–H and O–H groups in total. The maximum Gasteiger partial charge on any atom is 0.246 e. The fraction of sp³-hybridized carbons (Fsp3) is 0.700. The number of unbranched alkanes of at least 4 members (excludes halogenated alkanes) is 7. The van der Waals surface area contributed by atoms with Crippen molar-refractivity contribution in [2.45, 2.75) is 207 Å². The first-order valence-electron chi connectivity index (χ1n) is 28.4. The molecule has 2 fully saturated rings. The van der Waals surface area contributed by atoms with E-state index in [9.17, 15) is 28.8 Å². The maximum absolute atomic E-state index is 14.2. The van der Waals surface area contributed by atoms with Gasteiger partial charge in [-0.15, -0.1) is 0 Å². The average Bonchev–Trinajstić information content (AvgIpc) is 4.06. The van der Waals surface area contributed by atoms with E-state index in [-0.39, 0.29) is 47.5 Å². The Kier molecular flexibility index (Phi) is 26.1. The molecule has 14 heteroatoms. The Labute approximate surface area is 446 Å². The molecule has 6 atom stereocenters. The van der Waals surface area contributed by atoms with Gasteiger partial charge in [-0.05, 0) is 127 Å². The first-order chi connectivity index (χ1) is 35.2. The normalized spacial score (nSPS) is 17.6. The number of nitrogens with one attached hydrogen (secondary N) is 4. The molecule has 6 amide bonds. The molecule has 2 heterocycles. The molecule has 0 saturated carbocycles. The lowest BCUT2D eigenvalue weighted by Gasteiger charge is -2.37. The van der Waals surface area contributed by atoms with Gasteiger partial charge in [0, 0.05) is 64.2 Å². The van der Waals surface area contributed by atoms with Crippen molar-refractivity contribution in [1.29, 1.82) is 0 Å². The summed E-state index contributed by atoms with van der Waals surface area (Å²) in [4.78, 5) is 90.5. The quantitative estimate of drug-likeness (QED) is 0.0552. The molecule has 4 rings (SSSR count). The van der Waals surface area contributed by atoms with Crippen molar-refractivity contribution in [3.05, 3.63) is 71.8 Å². The van der Waals surface area contributed by atoms with Crippen LogP contribution in [0.4, 0.5) is 0 Å². The van der Waals surface area contributed by atoms with Gasteiger partial charge in [0.05, 0.1) is 12.1 Å². The third kappa shape index (κ3) is 20.4. The number of amides is 6. The maximum atomic E-state index is 14.2. The molecular formula is C60H98N8O6. The number of likely N-dealkylation sites (tertiary alicyclic amines) is 2. The van der Waals surface area contributed by atoms with Gasteiger partial charge < -0.3 is 40.9 Å². The minimum absolute atomic E-state index is 0.0819. The largest absolute Gasteiger partial charge is 0.342 e. The van der Waals surface area contributed by atoms with E-state index in [1.165, 1.54) is 11.1 Å². The van der Waals surface area contributed by atoms with Gasteiger partial charge in [-0.1, -0.05) is 128 Å². The summed E-state index contributed by atoms with van der Waals surface area (Å²) in [6.45, 7) is 18.9. The Morgan fingerprint density at radius 3 is 1.22 bits per heavy atom. The Balaban J connectivity index is 1.31. The minimum Gasteiger partial charge on any atom is -0.342 e. The van der Waals surface area contributed by atoms with E-state index in [1.54, 1.807) is 27.9 Å². The van der Waals surface area contributed by atoms with Gasteiger partial charge in [0.2, 0.25) is 35.4 Å². The van der Waals surface area contributed by atoms with Crippen LogP contribution in [0.3, 0.4) is 0 Å². The Bertz CT molecular complexity index is 1880. The number of benzene rings is 2. The standard InChI is InChI=1S/C60H98N8O6/c1-45(61-9)55(71)63-53(59(3,4)5)57(73)67-41-27-35-49(67)43-65(39-25-23-33-47-29-17-15-18-30-47)51(69)37-21-13-11-12-14-22-38-52(70)66(40-26-24-34-48-31-19-16-20-32-48)44-50-36-28-42-68(50)58(74)54(60(6,7)8)64-56(72)46(2)62-10/h15-20,29-32,45-46,49-50,53-54,61-62H,11-14,21-28,33-44H2,1-10H3,(H,63,71)(H,64,72)/t45-,46-,49-,50+,53+,54+/m0/s1. The molecule has 2 aliphatic heterocycles. The van der Waals surface area contributed by atoms with Crippen molar-refractivity contribution in [3.63, 3.8) is 0 Å². The fourth-order valence-electron chi connectivity index (χ4n) is 10.3. The van der Waals surface area contributed by atoms with Crippen molar-refractivity contribution in [2.75, 3.05) is 53.4 Å². The highest BCUT2D eigenvalue weighted by atomic mass is 16.2. The van der Waals surface area contributed by atoms with Crippen molar-refractivity contribution < 1.29 is 28.8 Å². The average molecular weight is 1030 g/mol. The molecule has 0 unspecified atom stereocenters. The van der Waals surface area contributed by atoms with Crippen molar-refractivity contribution in [1.82, 2.24) is 40.9 Å². The molecule has 14 nitrogen and oxygen atoms in total. The summed E-state index contributed by atoms with van der Waals surface area (Å²) < 4.78 is 0. The number of nitrogens with zero attached hydrogens (tertiary/aromatic N) is 4. The van der Waals surface area contributed by atoms with Crippen LogP contribution in [0.15, 0.2) is 60.7 Å². The molecule has 0 aliphatic carbocycles. The number of aryl methyl sites for hydroxylation is 2. The lowest BCUT2D eigenvalue weighted by atomic mass is 9.85. The monoisotopic (exact) mass is 1030 g/mol. The van der Waals surface area contributed by atoms with E-state index in [0.717, 1.165) is 103 Å². The Hall–Kier alpha value is -4.82. The SMILES string of the molecule is CN[C@@H](C)C(=O)N[C@H](C(=O)N1CCC[C@@H]1CN(CCCCc1ccccc1)C(=O)CCCCCCCCC(=O)N(CCCCc1ccccc1)C[C@@H]1CCCN1C(=O)[C@@H](NC(=O)[C@H](C)NC)C(C)(C)C)C(C)(C)C. The highest BCUT2D eigenvalue weighted by molar-refractivity contribution is 5.91. The van der Waals surface area contributed by atoms with Crippen LogP contribution >= 0.6 is 0 Å². The molecule has 2 aromatic rings. The summed E-state index contributed by atoms with van der Waals surface area (Å²) >= 11 is 0. The zero-order valence-corrected chi connectivity index (χ0v) is 47.4. The summed E-state index contributed by atoms with van der Waals surface area (Å²) in [5.74, 6) is -0.318. The summed E-state index contributed by atoms with van der Waals surface area (Å²) in [5.41, 5.74) is 1.58. The summed E-state index contributed by atoms with van der Waals surface area (Å²) in [6, 6.07) is 18.4. The first kappa shape index (κ1) is 61.7. The van der Waals surface area contributed by atoms with Gasteiger partial charge in [-0.25, -0.2) is 0 Å². The van der Waals surface area contributed by atoms with Crippen LogP contribution in [-0.2, 0) is 41.6 Å². The zero-order valence-electron chi connectivity index (χ0n) is 47.4. The van der Waals surface area contributed by atoms with Crippen LogP contribution in [0.25, 0.3) is 0 Å². The minimum atomic E-state index is -0.685. The van der Waals surface area contributed by atoms with E-state index in [0.29, 0.717) is 52.1 Å². The van der Waals surface area contributed by atoms with E-state index in [1.807, 2.05) is 73.3 Å². The molecule has 0 spiro atoms. The third-order valence-corrected chi connectivity index (χ3v) is 15.3. The highest BCUT2D eigenvalue weighted by Gasteiger charge is 2.42. The number of hydrogen-bond donors (Lipinski definition) is 4. The van der Waals surface area contributed by atoms with Gasteiger partial charge in [0.15, 0.2) is 0 Å². The smallest absolute Gasteiger partial charge is 0.246 e. The van der Waals surface area contributed by atoms with Gasteiger partial charge >= 0.3 is 0 Å². The molecule has 0 aromatic heterocycles. The Morgan fingerprint density at radius 2 is 0.878 bits per heavy atom. The molecule has 74 heavy (non-hydrogen) atoms. The van der Waals surface area contributed by atoms with E-state index in [2.05, 4.69) is 69.8 Å². The third-order valence-electron chi connectivity index (χ3n) is 15.3. The van der Waals surface area contributed by atoms with Crippen molar-refractivity contribution in [2.24, 2.45) is 10.8 Å². The molecule has 414 valence electrons. The number of carbonyl (C=O) groups is 6. The molecular weight excluding hydrogens is 929 g/mol. The van der Waals surface area contributed by atoms with Crippen LogP contribution in [0.2, 0.25) is 0 Å². The summed E-state index contributed by atoms with van der Waals surface area (Å²) in [7, 11) is 3.46. The number of likely N-dealkylation sites (N-methyl/N-ethyl adjacent to an activating group) is 2. The molecule has 0 radical (unpaired) electrons. The zero-order chi connectivity index (χ0) is 54.3. The second-order valence-electron chi connectivity index (χ2n) is 23.5. The van der Waals surface area contributed by atoms with E-state index >= 15 is 0 Å². The Morgan fingerprint density at radius 1 is 0.527 bits per heavy atom. The topological polar surface area (TPSA) is 163 Å². The summed E-state index contributed by atoms with van der Waals surface area (Å²) in [6.07, 6.45) is 15.2. The number of rotatable bonds is 31. The van der Waals surface area contributed by atoms with Crippen LogP contribution in [0, 0.1) is 10.8 Å². The number of carbonyl (C=O) groups excluding carboxylic acids is 6. The van der Waals surface area contributed by atoms with Gasteiger partial charge in [-0.3, -0.25) is 28.8 Å². The van der Waals surface area contributed by atoms with Crippen LogP contribution in [0.1, 0.15) is 169 Å². The fourth-order valence-corrected chi connectivity index (χ4v) is 10.3. The van der Waals surface area contributed by atoms with Gasteiger partial charge in [-0.2, -0.15) is 0 Å². The second-order valence-corrected chi connectivity index (χ2v) is 23.5. The lowest BCUT2D eigenvalue weighted by Crippen LogP contribution is -2.59. The van der Waals surface area contributed by atoms with Crippen LogP contribution in [0.5, 0.6) is 0 Å². The van der Waals surface area contributed by atoms with Crippen molar-refractivity contribution >= 4 is 35.4 Å². The molecule has 2 aliphatic rings. The van der Waals surface area contributed by atoms with E-state index < -0.39 is 35.0 Å². The molecule has 2 saturated heterocycles. The van der Waals surface area contributed by atoms with Gasteiger partial charge in [0.25, 0.3) is 0 Å². The molecule has 0 bridgehead atoms. The van der Waals surface area contributed by atoms with E-state index in [4.69, 9.17) is 0 Å². The first-order valence-corrected chi connectivity index (χ1v) is 28.4. The molecule has 2 aromatic carbocycles. The van der Waals surface area contributed by atoms with Crippen molar-refractivity contribution in [3.8, 4) is 0 Å². The predicted octanol–water partition coefficient (Wildman–Crippen LogP) is 8.07. The highest BCUT2D eigenvalue weighted by Crippen LogP contribution is 2.29. The number of hydrogen-bond acceptors (Lipinski definition) is 8. The second kappa shape index (κ2) is 31.3. The van der Waals surface area contributed by atoms with Crippen LogP contribution in [-0.4, -0.2) is 145 Å². The van der Waals surface area contributed by atoms with Crippen LogP contribution < -0.4 is 21.3 Å². The summed E-state index contributed by atoms with van der Waals surface area (Å²) in [5, 5.41) is 12.0. The lowest BCUT2D eigenvalue weighted by molar-refractivity contribution is -0.142. The predicted molar refractivity (Wildman–Crippen MR) is 298 cm³/mol. The van der Waals surface area contributed by atoms with Gasteiger partial charge in [0.1, 0.15) is 12.1 Å².